The van der Waals surface area contributed by atoms with Crippen molar-refractivity contribution in [2.45, 2.75) is 26.1 Å². The van der Waals surface area contributed by atoms with E-state index in [-0.39, 0.29) is 16.0 Å². The summed E-state index contributed by atoms with van der Waals surface area (Å²) in [5, 5.41) is 2.64. The normalized spacial score (nSPS) is 12.7. The topological polar surface area (TPSA) is 29.1 Å². The number of thiophene rings is 1. The van der Waals surface area contributed by atoms with E-state index in [0.29, 0.717) is 10.4 Å². The summed E-state index contributed by atoms with van der Waals surface area (Å²) in [4.78, 5) is 13.2. The summed E-state index contributed by atoms with van der Waals surface area (Å²) in [6, 6.07) is 9.55. The van der Waals surface area contributed by atoms with E-state index in [1.165, 1.54) is 25.1 Å². The third-order valence-electron chi connectivity index (χ3n) is 4.46. The smallest absolute Gasteiger partial charge is 0.345 e. The summed E-state index contributed by atoms with van der Waals surface area (Å²) in [6.07, 6.45) is -4.46. The highest BCUT2D eigenvalue weighted by atomic mass is 32.1. The highest BCUT2D eigenvalue weighted by molar-refractivity contribution is 7.17. The first-order valence-corrected chi connectivity index (χ1v) is 9.42. The lowest BCUT2D eigenvalue weighted by Crippen LogP contribution is -2.26. The van der Waals surface area contributed by atoms with Gasteiger partial charge in [-0.25, -0.2) is 8.78 Å². The molecule has 0 radical (unpaired) electrons. The number of carbonyl (C=O) groups is 1. The fraction of sp³-hybridized carbons (Fsp3) is 0.190. The van der Waals surface area contributed by atoms with Gasteiger partial charge in [0.1, 0.15) is 11.6 Å². The Hall–Kier alpha value is -2.74. The number of hydrogen-bond acceptors (Lipinski definition) is 2. The molecule has 0 aliphatic carbocycles. The van der Waals surface area contributed by atoms with Crippen LogP contribution in [-0.4, -0.2) is 5.91 Å². The van der Waals surface area contributed by atoms with Crippen LogP contribution in [0.5, 0.6) is 0 Å². The molecule has 1 heterocycles. The molecule has 1 atom stereocenters. The Bertz CT molecular complexity index is 1030. The van der Waals surface area contributed by atoms with Gasteiger partial charge in [-0.3, -0.25) is 4.79 Å². The minimum Gasteiger partial charge on any atom is -0.345 e. The Kier molecular flexibility index (Phi) is 5.75. The zero-order valence-electron chi connectivity index (χ0n) is 15.4. The second-order valence-corrected chi connectivity index (χ2v) is 7.63. The molecule has 1 N–H and O–H groups in total. The monoisotopic (exact) mass is 425 g/mol. The average molecular weight is 425 g/mol. The first-order chi connectivity index (χ1) is 13.6. The molecule has 3 rings (SSSR count). The number of benzene rings is 2. The van der Waals surface area contributed by atoms with E-state index in [1.807, 2.05) is 0 Å². The third-order valence-corrected chi connectivity index (χ3v) is 5.59. The first-order valence-electron chi connectivity index (χ1n) is 8.60. The maximum absolute atomic E-state index is 13.7. The Labute approximate surface area is 168 Å². The van der Waals surface area contributed by atoms with Gasteiger partial charge in [0.05, 0.1) is 16.5 Å². The lowest BCUT2D eigenvalue weighted by atomic mass is 10.1. The molecule has 1 aromatic heterocycles. The van der Waals surface area contributed by atoms with E-state index >= 15 is 0 Å². The zero-order valence-corrected chi connectivity index (χ0v) is 16.2. The highest BCUT2D eigenvalue weighted by Gasteiger charge is 2.30. The van der Waals surface area contributed by atoms with Gasteiger partial charge in [0.25, 0.3) is 5.91 Å². The molecule has 0 fully saturated rings. The first kappa shape index (κ1) is 21.0. The minimum absolute atomic E-state index is 0.101. The number of alkyl halides is 3. The summed E-state index contributed by atoms with van der Waals surface area (Å²) in [6.45, 7) is 2.90. The molecule has 2 aromatic carbocycles. The van der Waals surface area contributed by atoms with E-state index < -0.39 is 35.3 Å². The predicted octanol–water partition coefficient (Wildman–Crippen LogP) is 6.51. The molecule has 0 unspecified atom stereocenters. The largest absolute Gasteiger partial charge is 0.416 e. The van der Waals surface area contributed by atoms with Crippen LogP contribution >= 0.6 is 11.3 Å². The summed E-state index contributed by atoms with van der Waals surface area (Å²) in [7, 11) is 0. The van der Waals surface area contributed by atoms with Crippen LogP contribution in [0.25, 0.3) is 10.4 Å². The molecule has 0 bridgehead atoms. The van der Waals surface area contributed by atoms with Crippen LogP contribution in [0.15, 0.2) is 48.5 Å². The average Bonchev–Trinajstić information content (AvgIpc) is 3.15. The Morgan fingerprint density at radius 1 is 1.03 bits per heavy atom. The van der Waals surface area contributed by atoms with Crippen LogP contribution in [0, 0.1) is 18.6 Å². The number of carbonyl (C=O) groups excluding carboxylic acids is 1. The van der Waals surface area contributed by atoms with Crippen molar-refractivity contribution in [3.8, 4) is 10.4 Å². The SMILES string of the molecule is Cc1c(F)cc([C@@H](C)NC(=O)c2ccc(-c3cccc(C(F)(F)F)c3)s2)cc1F. The van der Waals surface area contributed by atoms with Gasteiger partial charge in [0, 0.05) is 10.4 Å². The fourth-order valence-electron chi connectivity index (χ4n) is 2.73. The molecule has 29 heavy (non-hydrogen) atoms. The van der Waals surface area contributed by atoms with E-state index in [1.54, 1.807) is 13.0 Å². The number of hydrogen-bond donors (Lipinski definition) is 1. The molecule has 0 saturated carbocycles. The minimum atomic E-state index is -4.46. The third kappa shape index (κ3) is 4.64. The summed E-state index contributed by atoms with van der Waals surface area (Å²) in [5.74, 6) is -1.89. The molecular formula is C21H16F5NOS. The van der Waals surface area contributed by atoms with Crippen LogP contribution in [0.1, 0.15) is 39.3 Å². The van der Waals surface area contributed by atoms with Crippen LogP contribution in [-0.2, 0) is 6.18 Å². The van der Waals surface area contributed by atoms with Gasteiger partial charge in [-0.2, -0.15) is 13.2 Å². The molecular weight excluding hydrogens is 409 g/mol. The Balaban J connectivity index is 1.78. The standard InChI is InChI=1S/C21H16F5NOS/c1-11-16(22)9-14(10-17(11)23)12(2)27-20(28)19-7-6-18(29-19)13-4-3-5-15(8-13)21(24,25)26/h3-10,12H,1-2H3,(H,27,28)/t12-/m1/s1. The predicted molar refractivity (Wildman–Crippen MR) is 102 cm³/mol. The van der Waals surface area contributed by atoms with Crippen molar-refractivity contribution in [2.75, 3.05) is 0 Å². The van der Waals surface area contributed by atoms with Crippen LogP contribution < -0.4 is 5.32 Å². The van der Waals surface area contributed by atoms with E-state index in [2.05, 4.69) is 5.32 Å². The maximum atomic E-state index is 13.7. The van der Waals surface area contributed by atoms with Gasteiger partial charge in [-0.15, -0.1) is 11.3 Å². The van der Waals surface area contributed by atoms with E-state index in [0.717, 1.165) is 35.6 Å². The number of nitrogens with one attached hydrogen (secondary N) is 1. The second kappa shape index (κ2) is 7.94. The van der Waals surface area contributed by atoms with Gasteiger partial charge < -0.3 is 5.32 Å². The van der Waals surface area contributed by atoms with Gasteiger partial charge in [0.15, 0.2) is 0 Å². The van der Waals surface area contributed by atoms with Gasteiger partial charge in [0.2, 0.25) is 0 Å². The summed E-state index contributed by atoms with van der Waals surface area (Å²) < 4.78 is 66.1. The van der Waals surface area contributed by atoms with Gasteiger partial charge >= 0.3 is 6.18 Å². The number of halogens is 5. The van der Waals surface area contributed by atoms with Crippen molar-refractivity contribution >= 4 is 17.2 Å². The van der Waals surface area contributed by atoms with Crippen LogP contribution in [0.3, 0.4) is 0 Å². The Morgan fingerprint density at radius 2 is 1.69 bits per heavy atom. The van der Waals surface area contributed by atoms with Crippen molar-refractivity contribution in [1.82, 2.24) is 5.32 Å². The molecule has 0 saturated heterocycles. The van der Waals surface area contributed by atoms with Crippen molar-refractivity contribution in [3.63, 3.8) is 0 Å². The lowest BCUT2D eigenvalue weighted by molar-refractivity contribution is -0.137. The Morgan fingerprint density at radius 3 is 2.31 bits per heavy atom. The van der Waals surface area contributed by atoms with Crippen molar-refractivity contribution < 1.29 is 26.7 Å². The molecule has 0 spiro atoms. The fourth-order valence-corrected chi connectivity index (χ4v) is 3.64. The maximum Gasteiger partial charge on any atom is 0.416 e. The van der Waals surface area contributed by atoms with Crippen LogP contribution in [0.2, 0.25) is 0 Å². The number of rotatable bonds is 4. The van der Waals surface area contributed by atoms with Crippen molar-refractivity contribution in [1.29, 1.82) is 0 Å². The quantitative estimate of drug-likeness (QED) is 0.474. The van der Waals surface area contributed by atoms with Crippen LogP contribution in [0.4, 0.5) is 22.0 Å². The molecule has 0 aliphatic heterocycles. The second-order valence-electron chi connectivity index (χ2n) is 6.55. The molecule has 2 nitrogen and oxygen atoms in total. The molecule has 152 valence electrons. The van der Waals surface area contributed by atoms with E-state index in [9.17, 15) is 26.7 Å². The molecule has 3 aromatic rings. The van der Waals surface area contributed by atoms with Crippen molar-refractivity contribution in [3.05, 3.63) is 81.7 Å². The summed E-state index contributed by atoms with van der Waals surface area (Å²) >= 11 is 1.03. The number of amides is 1. The molecule has 8 heteroatoms. The molecule has 0 aliphatic rings. The highest BCUT2D eigenvalue weighted by Crippen LogP contribution is 2.34. The lowest BCUT2D eigenvalue weighted by Gasteiger charge is -2.15. The summed E-state index contributed by atoms with van der Waals surface area (Å²) in [5.41, 5.74) is -0.254. The van der Waals surface area contributed by atoms with Crippen molar-refractivity contribution in [2.24, 2.45) is 0 Å². The van der Waals surface area contributed by atoms with Gasteiger partial charge in [-0.1, -0.05) is 12.1 Å². The van der Waals surface area contributed by atoms with E-state index in [4.69, 9.17) is 0 Å². The van der Waals surface area contributed by atoms with Gasteiger partial charge in [-0.05, 0) is 61.4 Å². The molecule has 1 amide bonds. The zero-order chi connectivity index (χ0) is 21.3.